The Labute approximate surface area is 162 Å². The fraction of sp³-hybridized carbons (Fsp3) is 0.400. The number of aromatic nitrogens is 4. The summed E-state index contributed by atoms with van der Waals surface area (Å²) in [6, 6.07) is 9.79. The van der Waals surface area contributed by atoms with Gasteiger partial charge < -0.3 is 9.64 Å². The minimum atomic E-state index is -0.367. The summed E-state index contributed by atoms with van der Waals surface area (Å²) in [6.45, 7) is 3.91. The molecular weight excluding hydrogens is 358 g/mol. The Bertz CT molecular complexity index is 1050. The molecule has 1 saturated heterocycles. The lowest BCUT2D eigenvalue weighted by molar-refractivity contribution is 0.152. The summed E-state index contributed by atoms with van der Waals surface area (Å²) in [4.78, 5) is 36.4. The molecular formula is C20H23N5O3. The molecule has 0 atom stereocenters. The molecule has 0 N–H and O–H groups in total. The van der Waals surface area contributed by atoms with Crippen LogP contribution in [0.25, 0.3) is 11.2 Å². The highest BCUT2D eigenvalue weighted by atomic mass is 16.5. The van der Waals surface area contributed by atoms with Crippen LogP contribution in [0.2, 0.25) is 0 Å². The van der Waals surface area contributed by atoms with Crippen molar-refractivity contribution in [3.05, 3.63) is 58.4 Å². The number of hydrogen-bond donors (Lipinski definition) is 0. The first-order valence-electron chi connectivity index (χ1n) is 9.44. The summed E-state index contributed by atoms with van der Waals surface area (Å²) in [6.07, 6.45) is 2.30. The lowest BCUT2D eigenvalue weighted by atomic mass is 9.92. The maximum Gasteiger partial charge on any atom is 0.338 e. The van der Waals surface area contributed by atoms with Gasteiger partial charge in [-0.25, -0.2) is 24.1 Å². The molecule has 4 rings (SSSR count). The molecule has 0 unspecified atom stereocenters. The van der Waals surface area contributed by atoms with E-state index in [9.17, 15) is 9.59 Å². The number of rotatable bonds is 5. The molecule has 0 spiro atoms. The summed E-state index contributed by atoms with van der Waals surface area (Å²) < 4.78 is 7.83. The highest BCUT2D eigenvalue weighted by molar-refractivity contribution is 5.88. The molecule has 0 bridgehead atoms. The van der Waals surface area contributed by atoms with Crippen LogP contribution >= 0.6 is 0 Å². The highest BCUT2D eigenvalue weighted by Gasteiger charge is 2.34. The van der Waals surface area contributed by atoms with Crippen molar-refractivity contribution in [2.45, 2.75) is 32.4 Å². The van der Waals surface area contributed by atoms with Gasteiger partial charge >= 0.3 is 11.7 Å². The number of hydrogen-bond acceptors (Lipinski definition) is 5. The fourth-order valence-electron chi connectivity index (χ4n) is 3.59. The van der Waals surface area contributed by atoms with E-state index in [0.717, 1.165) is 6.42 Å². The van der Waals surface area contributed by atoms with Crippen LogP contribution < -0.4 is 5.69 Å². The fourth-order valence-corrected chi connectivity index (χ4v) is 3.59. The third kappa shape index (κ3) is 3.09. The van der Waals surface area contributed by atoms with Crippen LogP contribution in [0.4, 0.5) is 4.79 Å². The van der Waals surface area contributed by atoms with Crippen LogP contribution in [0.3, 0.4) is 0 Å². The maximum absolute atomic E-state index is 13.1. The molecule has 1 aliphatic rings. The molecule has 3 heterocycles. The van der Waals surface area contributed by atoms with Gasteiger partial charge in [0.25, 0.3) is 0 Å². The van der Waals surface area contributed by atoms with Crippen LogP contribution in [0.1, 0.15) is 30.7 Å². The molecule has 0 radical (unpaired) electrons. The van der Waals surface area contributed by atoms with Crippen molar-refractivity contribution < 1.29 is 9.53 Å². The largest absolute Gasteiger partial charge is 0.377 e. The second-order valence-corrected chi connectivity index (χ2v) is 6.99. The molecule has 2 aromatic heterocycles. The first-order chi connectivity index (χ1) is 13.6. The molecule has 1 fully saturated rings. The zero-order chi connectivity index (χ0) is 19.7. The van der Waals surface area contributed by atoms with E-state index in [1.165, 1.54) is 16.3 Å². The van der Waals surface area contributed by atoms with Crippen molar-refractivity contribution >= 4 is 17.2 Å². The summed E-state index contributed by atoms with van der Waals surface area (Å²) in [5, 5.41) is 0. The van der Waals surface area contributed by atoms with Crippen molar-refractivity contribution in [1.29, 1.82) is 0 Å². The quantitative estimate of drug-likeness (QED) is 0.677. The normalized spacial score (nSPS) is 14.4. The Hall–Kier alpha value is -3.00. The summed E-state index contributed by atoms with van der Waals surface area (Å²) in [5.41, 5.74) is 1.75. The van der Waals surface area contributed by atoms with Crippen LogP contribution in [-0.2, 0) is 17.9 Å². The van der Waals surface area contributed by atoms with Crippen molar-refractivity contribution in [2.24, 2.45) is 0 Å². The first kappa shape index (κ1) is 18.4. The van der Waals surface area contributed by atoms with Gasteiger partial charge in [-0.2, -0.15) is 0 Å². The van der Waals surface area contributed by atoms with Gasteiger partial charge in [-0.3, -0.25) is 4.57 Å². The van der Waals surface area contributed by atoms with Gasteiger partial charge in [0.1, 0.15) is 12.1 Å². The third-order valence-corrected chi connectivity index (χ3v) is 5.05. The van der Waals surface area contributed by atoms with Crippen LogP contribution in [0.5, 0.6) is 0 Å². The lowest BCUT2D eigenvalue weighted by Crippen LogP contribution is -2.52. The minimum absolute atomic E-state index is 0.250. The molecule has 8 heteroatoms. The van der Waals surface area contributed by atoms with Gasteiger partial charge in [-0.15, -0.1) is 0 Å². The Morgan fingerprint density at radius 3 is 2.68 bits per heavy atom. The van der Waals surface area contributed by atoms with E-state index >= 15 is 0 Å². The van der Waals surface area contributed by atoms with Crippen LogP contribution in [0, 0.1) is 0 Å². The van der Waals surface area contributed by atoms with Gasteiger partial charge in [0.2, 0.25) is 0 Å². The van der Waals surface area contributed by atoms with Gasteiger partial charge in [0, 0.05) is 32.7 Å². The Balaban J connectivity index is 1.66. The Morgan fingerprint density at radius 1 is 1.25 bits per heavy atom. The van der Waals surface area contributed by atoms with E-state index in [0.29, 0.717) is 42.5 Å². The second-order valence-electron chi connectivity index (χ2n) is 6.99. The zero-order valence-corrected chi connectivity index (χ0v) is 16.0. The number of benzene rings is 1. The minimum Gasteiger partial charge on any atom is -0.377 e. The molecule has 0 aliphatic carbocycles. The van der Waals surface area contributed by atoms with E-state index in [1.54, 1.807) is 16.6 Å². The molecule has 28 heavy (non-hydrogen) atoms. The monoisotopic (exact) mass is 381 g/mol. The zero-order valence-electron chi connectivity index (χ0n) is 16.0. The standard InChI is InChI=1S/C20H23N5O3/c1-3-9-24-18-16(10-21-17(22-18)13-28-2)25(20(24)27)19(26)23-11-15(12-23)14-7-5-4-6-8-14/h4-8,10,15H,3,9,11-13H2,1-2H3. The lowest BCUT2D eigenvalue weighted by Gasteiger charge is -2.39. The number of likely N-dealkylation sites (tertiary alicyclic amines) is 1. The number of imidazole rings is 1. The Kier molecular flexibility index (Phi) is 4.95. The number of carbonyl (C=O) groups is 1. The molecule has 1 aromatic carbocycles. The predicted molar refractivity (Wildman–Crippen MR) is 104 cm³/mol. The van der Waals surface area contributed by atoms with Gasteiger partial charge in [0.05, 0.1) is 6.20 Å². The summed E-state index contributed by atoms with van der Waals surface area (Å²) in [5.74, 6) is 0.784. The van der Waals surface area contributed by atoms with E-state index in [1.807, 2.05) is 25.1 Å². The smallest absolute Gasteiger partial charge is 0.338 e. The molecule has 8 nitrogen and oxygen atoms in total. The summed E-state index contributed by atoms with van der Waals surface area (Å²) >= 11 is 0. The van der Waals surface area contributed by atoms with Gasteiger partial charge in [-0.1, -0.05) is 37.3 Å². The van der Waals surface area contributed by atoms with E-state index in [4.69, 9.17) is 4.74 Å². The van der Waals surface area contributed by atoms with Crippen LogP contribution in [-0.4, -0.2) is 50.2 Å². The molecule has 1 amide bonds. The number of ether oxygens (including phenoxy) is 1. The number of amides is 1. The SMILES string of the molecule is CCCn1c(=O)n(C(=O)N2CC(c3ccccc3)C2)c2cnc(COC)nc21. The van der Waals surface area contributed by atoms with Crippen molar-refractivity contribution in [3.8, 4) is 0 Å². The van der Waals surface area contributed by atoms with Gasteiger partial charge in [-0.05, 0) is 12.0 Å². The molecule has 0 saturated carbocycles. The first-order valence-corrected chi connectivity index (χ1v) is 9.44. The predicted octanol–water partition coefficient (Wildman–Crippen LogP) is 2.22. The summed E-state index contributed by atoms with van der Waals surface area (Å²) in [7, 11) is 1.56. The molecule has 1 aliphatic heterocycles. The molecule has 3 aromatic rings. The van der Waals surface area contributed by atoms with Crippen molar-refractivity contribution in [3.63, 3.8) is 0 Å². The average molecular weight is 381 g/mol. The number of aryl methyl sites for hydroxylation is 1. The van der Waals surface area contributed by atoms with E-state index in [-0.39, 0.29) is 18.3 Å². The highest BCUT2D eigenvalue weighted by Crippen LogP contribution is 2.27. The topological polar surface area (TPSA) is 82.2 Å². The number of nitrogens with zero attached hydrogens (tertiary/aromatic N) is 5. The van der Waals surface area contributed by atoms with Crippen molar-refractivity contribution in [2.75, 3.05) is 20.2 Å². The number of fused-ring (bicyclic) bond motifs is 1. The van der Waals surface area contributed by atoms with Crippen molar-refractivity contribution in [1.82, 2.24) is 24.0 Å². The third-order valence-electron chi connectivity index (χ3n) is 5.05. The average Bonchev–Trinajstić information content (AvgIpc) is 2.93. The molecule has 146 valence electrons. The number of carbonyl (C=O) groups excluding carboxylic acids is 1. The van der Waals surface area contributed by atoms with E-state index < -0.39 is 0 Å². The number of methoxy groups -OCH3 is 1. The maximum atomic E-state index is 13.1. The Morgan fingerprint density at radius 2 is 2.00 bits per heavy atom. The van der Waals surface area contributed by atoms with Gasteiger partial charge in [0.15, 0.2) is 11.5 Å². The van der Waals surface area contributed by atoms with E-state index in [2.05, 4.69) is 22.1 Å². The second kappa shape index (κ2) is 7.55. The van der Waals surface area contributed by atoms with Crippen LogP contribution in [0.15, 0.2) is 41.3 Å².